The first kappa shape index (κ1) is 16.2. The smallest absolute Gasteiger partial charge is 0.242 e. The van der Waals surface area contributed by atoms with Crippen molar-refractivity contribution < 1.29 is 9.59 Å². The van der Waals surface area contributed by atoms with Gasteiger partial charge in [0.15, 0.2) is 4.34 Å². The summed E-state index contributed by atoms with van der Waals surface area (Å²) in [5, 5.41) is 7.59. The molecule has 0 aliphatic carbocycles. The molecule has 0 aromatic carbocycles. The number of nitrogens with zero attached hydrogens (tertiary/aromatic N) is 5. The van der Waals surface area contributed by atoms with Crippen LogP contribution in [0.15, 0.2) is 9.85 Å². The Morgan fingerprint density at radius 3 is 2.71 bits per heavy atom. The molecule has 0 atom stereocenters. The average Bonchev–Trinajstić information content (AvgIpc) is 2.98. The fourth-order valence-electron chi connectivity index (χ4n) is 1.91. The molecule has 1 aromatic rings. The van der Waals surface area contributed by atoms with Crippen LogP contribution in [0.2, 0.25) is 0 Å². The summed E-state index contributed by atoms with van der Waals surface area (Å²) < 4.78 is 0.766. The highest BCUT2D eigenvalue weighted by Gasteiger charge is 2.21. The van der Waals surface area contributed by atoms with Crippen molar-refractivity contribution in [3.05, 3.63) is 5.51 Å². The zero-order chi connectivity index (χ0) is 15.2. The number of carbonyl (C=O) groups is 2. The van der Waals surface area contributed by atoms with Crippen molar-refractivity contribution in [3.8, 4) is 0 Å². The van der Waals surface area contributed by atoms with Gasteiger partial charge in [-0.05, 0) is 7.05 Å². The Morgan fingerprint density at radius 1 is 1.38 bits per heavy atom. The van der Waals surface area contributed by atoms with Crippen molar-refractivity contribution in [2.24, 2.45) is 0 Å². The molecule has 1 aromatic heterocycles. The average molecular weight is 329 g/mol. The van der Waals surface area contributed by atoms with Crippen LogP contribution in [0.5, 0.6) is 0 Å². The van der Waals surface area contributed by atoms with Gasteiger partial charge in [-0.2, -0.15) is 0 Å². The highest BCUT2D eigenvalue weighted by Crippen LogP contribution is 2.18. The van der Waals surface area contributed by atoms with E-state index in [1.807, 2.05) is 11.9 Å². The molecule has 116 valence electrons. The van der Waals surface area contributed by atoms with Crippen molar-refractivity contribution in [2.45, 2.75) is 4.34 Å². The molecular formula is C12H19N5O2S2. The number of thioether (sulfide) groups is 1. The zero-order valence-electron chi connectivity index (χ0n) is 12.2. The Balaban J connectivity index is 1.73. The van der Waals surface area contributed by atoms with Crippen molar-refractivity contribution >= 4 is 34.9 Å². The van der Waals surface area contributed by atoms with Crippen LogP contribution in [-0.4, -0.2) is 89.3 Å². The first-order valence-electron chi connectivity index (χ1n) is 6.65. The highest BCUT2D eigenvalue weighted by atomic mass is 32.2. The minimum atomic E-state index is -0.0716. The summed E-state index contributed by atoms with van der Waals surface area (Å²) in [6.45, 7) is 3.37. The summed E-state index contributed by atoms with van der Waals surface area (Å²) in [7, 11) is 3.71. The van der Waals surface area contributed by atoms with Crippen LogP contribution in [0.1, 0.15) is 0 Å². The molecule has 21 heavy (non-hydrogen) atoms. The lowest BCUT2D eigenvalue weighted by atomic mass is 10.3. The number of hydrogen-bond donors (Lipinski definition) is 0. The second-order valence-electron chi connectivity index (χ2n) is 4.93. The van der Waals surface area contributed by atoms with Crippen LogP contribution in [0, 0.1) is 0 Å². The first-order valence-corrected chi connectivity index (χ1v) is 8.52. The van der Waals surface area contributed by atoms with E-state index < -0.39 is 0 Å². The Hall–Kier alpha value is -1.19. The number of hydrogen-bond acceptors (Lipinski definition) is 7. The van der Waals surface area contributed by atoms with E-state index >= 15 is 0 Å². The lowest BCUT2D eigenvalue weighted by molar-refractivity contribution is -0.139. The maximum Gasteiger partial charge on any atom is 0.242 e. The van der Waals surface area contributed by atoms with E-state index in [1.54, 1.807) is 12.6 Å². The fraction of sp³-hybridized carbons (Fsp3) is 0.667. The second-order valence-corrected chi connectivity index (χ2v) is 6.98. The standard InChI is InChI=1S/C12H19N5O2S2/c1-15-3-5-17(6-4-15)10(18)7-16(2)11(19)8-20-12-14-13-9-21-12/h9H,3-8H2,1-2H3. The third-order valence-corrected chi connectivity index (χ3v) is 5.16. The normalized spacial score (nSPS) is 16.0. The molecule has 0 spiro atoms. The van der Waals surface area contributed by atoms with Gasteiger partial charge in [-0.1, -0.05) is 23.1 Å². The summed E-state index contributed by atoms with van der Waals surface area (Å²) in [5.74, 6) is 0.222. The number of piperazine rings is 1. The van der Waals surface area contributed by atoms with Crippen LogP contribution in [0.25, 0.3) is 0 Å². The van der Waals surface area contributed by atoms with Crippen LogP contribution in [0.4, 0.5) is 0 Å². The van der Waals surface area contributed by atoms with E-state index in [4.69, 9.17) is 0 Å². The molecule has 2 amide bonds. The largest absolute Gasteiger partial charge is 0.339 e. The summed E-state index contributed by atoms with van der Waals surface area (Å²) in [5.41, 5.74) is 1.63. The molecule has 7 nitrogen and oxygen atoms in total. The summed E-state index contributed by atoms with van der Waals surface area (Å²) in [4.78, 5) is 29.6. The van der Waals surface area contributed by atoms with Crippen LogP contribution >= 0.6 is 23.1 Å². The summed E-state index contributed by atoms with van der Waals surface area (Å²) >= 11 is 2.75. The van der Waals surface area contributed by atoms with Gasteiger partial charge < -0.3 is 14.7 Å². The summed E-state index contributed by atoms with van der Waals surface area (Å²) in [6, 6.07) is 0. The van der Waals surface area contributed by atoms with Gasteiger partial charge >= 0.3 is 0 Å². The molecule has 1 saturated heterocycles. The molecule has 0 unspecified atom stereocenters. The molecule has 1 fully saturated rings. The maximum atomic E-state index is 12.1. The van der Waals surface area contributed by atoms with E-state index in [9.17, 15) is 9.59 Å². The number of carbonyl (C=O) groups excluding carboxylic acids is 2. The Labute approximate surface area is 132 Å². The number of aromatic nitrogens is 2. The molecule has 2 rings (SSSR count). The molecule has 2 heterocycles. The third-order valence-electron chi connectivity index (χ3n) is 3.31. The molecule has 0 bridgehead atoms. The molecule has 0 saturated carbocycles. The first-order chi connectivity index (χ1) is 10.1. The quantitative estimate of drug-likeness (QED) is 0.701. The van der Waals surface area contributed by atoms with Gasteiger partial charge in [0.05, 0.1) is 12.3 Å². The minimum absolute atomic E-state index is 0.0138. The van der Waals surface area contributed by atoms with Gasteiger partial charge in [-0.25, -0.2) is 0 Å². The molecule has 0 radical (unpaired) electrons. The molecule has 1 aliphatic heterocycles. The zero-order valence-corrected chi connectivity index (χ0v) is 13.8. The number of rotatable bonds is 5. The lowest BCUT2D eigenvalue weighted by Gasteiger charge is -2.33. The highest BCUT2D eigenvalue weighted by molar-refractivity contribution is 8.01. The number of amides is 2. The van der Waals surface area contributed by atoms with E-state index in [-0.39, 0.29) is 24.1 Å². The van der Waals surface area contributed by atoms with Crippen LogP contribution in [0.3, 0.4) is 0 Å². The molecule has 0 N–H and O–H groups in total. The van der Waals surface area contributed by atoms with E-state index in [0.29, 0.717) is 0 Å². The number of likely N-dealkylation sites (N-methyl/N-ethyl adjacent to an activating group) is 2. The Kier molecular flexibility index (Phi) is 5.95. The molecular weight excluding hydrogens is 310 g/mol. The topological polar surface area (TPSA) is 69.6 Å². The van der Waals surface area contributed by atoms with Crippen molar-refractivity contribution in [1.82, 2.24) is 24.9 Å². The predicted octanol–water partition coefficient (Wildman–Crippen LogP) is -0.137. The maximum absolute atomic E-state index is 12.1. The summed E-state index contributed by atoms with van der Waals surface area (Å²) in [6.07, 6.45) is 0. The Morgan fingerprint density at radius 2 is 2.10 bits per heavy atom. The molecule has 9 heteroatoms. The van der Waals surface area contributed by atoms with Gasteiger partial charge in [0, 0.05) is 33.2 Å². The van der Waals surface area contributed by atoms with Crippen LogP contribution < -0.4 is 0 Å². The Bertz CT molecular complexity index is 474. The predicted molar refractivity (Wildman–Crippen MR) is 82.3 cm³/mol. The molecule has 1 aliphatic rings. The van der Waals surface area contributed by atoms with Crippen molar-refractivity contribution in [1.29, 1.82) is 0 Å². The van der Waals surface area contributed by atoms with Gasteiger partial charge in [0.1, 0.15) is 5.51 Å². The van der Waals surface area contributed by atoms with Crippen molar-refractivity contribution in [3.63, 3.8) is 0 Å². The monoisotopic (exact) mass is 329 g/mol. The van der Waals surface area contributed by atoms with Crippen molar-refractivity contribution in [2.75, 3.05) is 52.6 Å². The van der Waals surface area contributed by atoms with Gasteiger partial charge in [0.2, 0.25) is 11.8 Å². The third kappa shape index (κ3) is 4.94. The van der Waals surface area contributed by atoms with Gasteiger partial charge in [0.25, 0.3) is 0 Å². The van der Waals surface area contributed by atoms with E-state index in [2.05, 4.69) is 15.1 Å². The second kappa shape index (κ2) is 7.71. The van der Waals surface area contributed by atoms with Gasteiger partial charge in [-0.15, -0.1) is 10.2 Å². The minimum Gasteiger partial charge on any atom is -0.339 e. The fourth-order valence-corrected chi connectivity index (χ4v) is 3.34. The van der Waals surface area contributed by atoms with E-state index in [0.717, 1.165) is 30.5 Å². The van der Waals surface area contributed by atoms with Crippen LogP contribution in [-0.2, 0) is 9.59 Å². The van der Waals surface area contributed by atoms with Gasteiger partial charge in [-0.3, -0.25) is 9.59 Å². The van der Waals surface area contributed by atoms with E-state index in [1.165, 1.54) is 28.0 Å². The lowest BCUT2D eigenvalue weighted by Crippen LogP contribution is -2.50. The SMILES string of the molecule is CN1CCN(C(=O)CN(C)C(=O)CSc2nncs2)CC1.